The second kappa shape index (κ2) is 5.29. The maximum absolute atomic E-state index is 10.8. The highest BCUT2D eigenvalue weighted by Gasteiger charge is 2.18. The van der Waals surface area contributed by atoms with Crippen LogP contribution in [0.5, 0.6) is 11.5 Å². The van der Waals surface area contributed by atoms with Crippen LogP contribution in [0, 0.1) is 10.1 Å². The van der Waals surface area contributed by atoms with Crippen molar-refractivity contribution in [3.8, 4) is 11.5 Å². The number of hydroxylamine groups is 1. The molecule has 1 rings (SSSR count). The van der Waals surface area contributed by atoms with E-state index in [-0.39, 0.29) is 18.0 Å². The number of hydrogen-bond acceptors (Lipinski definition) is 6. The van der Waals surface area contributed by atoms with E-state index in [1.54, 1.807) is 0 Å². The van der Waals surface area contributed by atoms with Crippen LogP contribution in [-0.2, 0) is 6.54 Å². The molecule has 88 valence electrons. The molecule has 1 aromatic rings. The molecule has 0 radical (unpaired) electrons. The highest BCUT2D eigenvalue weighted by molar-refractivity contribution is 5.54. The van der Waals surface area contributed by atoms with Gasteiger partial charge in [-0.05, 0) is 6.07 Å². The fourth-order valence-electron chi connectivity index (χ4n) is 1.31. The van der Waals surface area contributed by atoms with Gasteiger partial charge in [-0.15, -0.1) is 0 Å². The Kier molecular flexibility index (Phi) is 4.03. The van der Waals surface area contributed by atoms with Crippen molar-refractivity contribution in [3.05, 3.63) is 27.8 Å². The molecule has 0 unspecified atom stereocenters. The summed E-state index contributed by atoms with van der Waals surface area (Å²) in [5.41, 5.74) is 2.04. The Morgan fingerprint density at radius 1 is 1.38 bits per heavy atom. The van der Waals surface area contributed by atoms with Crippen LogP contribution in [0.4, 0.5) is 5.69 Å². The summed E-state index contributed by atoms with van der Waals surface area (Å²) in [5.74, 6) is 0.647. The molecule has 0 amide bonds. The Balaban J connectivity index is 3.29. The molecule has 0 spiro atoms. The second-order valence-corrected chi connectivity index (χ2v) is 2.93. The van der Waals surface area contributed by atoms with Gasteiger partial charge in [0.05, 0.1) is 31.8 Å². The first-order valence-electron chi connectivity index (χ1n) is 4.40. The van der Waals surface area contributed by atoms with Crippen molar-refractivity contribution in [3.63, 3.8) is 0 Å². The highest BCUT2D eigenvalue weighted by atomic mass is 16.6. The van der Waals surface area contributed by atoms with Crippen LogP contribution in [0.3, 0.4) is 0 Å². The SMILES string of the molecule is COc1cc(CNO)c([N+](=O)[O-])cc1OC. The Bertz CT molecular complexity index is 394. The maximum atomic E-state index is 10.8. The van der Waals surface area contributed by atoms with Crippen LogP contribution >= 0.6 is 0 Å². The Labute approximate surface area is 91.7 Å². The fraction of sp³-hybridized carbons (Fsp3) is 0.333. The zero-order chi connectivity index (χ0) is 12.1. The lowest BCUT2D eigenvalue weighted by Gasteiger charge is -2.09. The molecular weight excluding hydrogens is 216 g/mol. The van der Waals surface area contributed by atoms with Crippen LogP contribution < -0.4 is 15.0 Å². The number of nitro benzene ring substituents is 1. The maximum Gasteiger partial charge on any atom is 0.277 e. The normalized spacial score (nSPS) is 9.94. The van der Waals surface area contributed by atoms with Gasteiger partial charge < -0.3 is 14.7 Å². The van der Waals surface area contributed by atoms with E-state index in [1.807, 2.05) is 5.48 Å². The first-order chi connectivity index (χ1) is 7.63. The van der Waals surface area contributed by atoms with Crippen molar-refractivity contribution in [2.24, 2.45) is 0 Å². The molecule has 2 N–H and O–H groups in total. The molecule has 0 bridgehead atoms. The number of benzene rings is 1. The molecule has 0 atom stereocenters. The predicted molar refractivity (Wildman–Crippen MR) is 54.8 cm³/mol. The number of nitrogens with zero attached hydrogens (tertiary/aromatic N) is 1. The molecule has 0 fully saturated rings. The van der Waals surface area contributed by atoms with Crippen LogP contribution in [0.1, 0.15) is 5.56 Å². The van der Waals surface area contributed by atoms with Gasteiger partial charge in [-0.2, -0.15) is 0 Å². The van der Waals surface area contributed by atoms with Crippen LogP contribution in [0.25, 0.3) is 0 Å². The molecule has 0 saturated heterocycles. The largest absolute Gasteiger partial charge is 0.493 e. The summed E-state index contributed by atoms with van der Waals surface area (Å²) in [7, 11) is 2.82. The smallest absolute Gasteiger partial charge is 0.277 e. The van der Waals surface area contributed by atoms with E-state index in [0.717, 1.165) is 0 Å². The number of ether oxygens (including phenoxy) is 2. The summed E-state index contributed by atoms with van der Waals surface area (Å²) in [6.07, 6.45) is 0. The zero-order valence-corrected chi connectivity index (χ0v) is 8.89. The van der Waals surface area contributed by atoms with Crippen molar-refractivity contribution in [1.82, 2.24) is 5.48 Å². The van der Waals surface area contributed by atoms with Gasteiger partial charge in [-0.1, -0.05) is 0 Å². The Morgan fingerprint density at radius 3 is 2.38 bits per heavy atom. The molecule has 0 aliphatic heterocycles. The van der Waals surface area contributed by atoms with Crippen molar-refractivity contribution in [1.29, 1.82) is 0 Å². The highest BCUT2D eigenvalue weighted by Crippen LogP contribution is 2.34. The Morgan fingerprint density at radius 2 is 1.94 bits per heavy atom. The Hall–Kier alpha value is -1.86. The van der Waals surface area contributed by atoms with Crippen molar-refractivity contribution < 1.29 is 19.6 Å². The topological polar surface area (TPSA) is 93.9 Å². The fourth-order valence-corrected chi connectivity index (χ4v) is 1.31. The number of rotatable bonds is 5. The molecule has 7 nitrogen and oxygen atoms in total. The number of methoxy groups -OCH3 is 2. The average Bonchev–Trinajstić information content (AvgIpc) is 2.28. The molecule has 0 aliphatic rings. The predicted octanol–water partition coefficient (Wildman–Crippen LogP) is 1.09. The lowest BCUT2D eigenvalue weighted by atomic mass is 10.1. The molecule has 7 heteroatoms. The lowest BCUT2D eigenvalue weighted by molar-refractivity contribution is -0.385. The average molecular weight is 228 g/mol. The van der Waals surface area contributed by atoms with Gasteiger partial charge in [-0.25, -0.2) is 5.48 Å². The summed E-state index contributed by atoms with van der Waals surface area (Å²) in [5, 5.41) is 19.3. The lowest BCUT2D eigenvalue weighted by Crippen LogP contribution is -2.09. The van der Waals surface area contributed by atoms with E-state index >= 15 is 0 Å². The van der Waals surface area contributed by atoms with E-state index in [0.29, 0.717) is 11.3 Å². The van der Waals surface area contributed by atoms with Gasteiger partial charge in [-0.3, -0.25) is 10.1 Å². The van der Waals surface area contributed by atoms with E-state index < -0.39 is 4.92 Å². The number of nitro groups is 1. The van der Waals surface area contributed by atoms with E-state index in [1.165, 1.54) is 26.4 Å². The quantitative estimate of drug-likeness (QED) is 0.578. The van der Waals surface area contributed by atoms with Crippen molar-refractivity contribution in [2.45, 2.75) is 6.54 Å². The number of nitrogens with one attached hydrogen (secondary N) is 1. The summed E-state index contributed by atoms with van der Waals surface area (Å²) in [6.45, 7) is -0.0450. The number of hydrogen-bond donors (Lipinski definition) is 2. The van der Waals surface area contributed by atoms with E-state index in [2.05, 4.69) is 0 Å². The molecule has 0 aliphatic carbocycles. The van der Waals surface area contributed by atoms with E-state index in [4.69, 9.17) is 14.7 Å². The van der Waals surface area contributed by atoms with Crippen molar-refractivity contribution in [2.75, 3.05) is 14.2 Å². The third-order valence-corrected chi connectivity index (χ3v) is 2.05. The standard InChI is InChI=1S/C9H12N2O5/c1-15-8-3-6(5-10-12)7(11(13)14)4-9(8)16-2/h3-4,10,12H,5H2,1-2H3. The molecule has 0 heterocycles. The third-order valence-electron chi connectivity index (χ3n) is 2.05. The first-order valence-corrected chi connectivity index (χ1v) is 4.40. The van der Waals surface area contributed by atoms with Gasteiger partial charge in [0.25, 0.3) is 5.69 Å². The molecule has 0 aromatic heterocycles. The van der Waals surface area contributed by atoms with Crippen LogP contribution in [-0.4, -0.2) is 24.4 Å². The zero-order valence-electron chi connectivity index (χ0n) is 8.89. The molecular formula is C9H12N2O5. The van der Waals surface area contributed by atoms with Gasteiger partial charge in [0, 0.05) is 5.56 Å². The first kappa shape index (κ1) is 12.2. The van der Waals surface area contributed by atoms with Gasteiger partial charge in [0.2, 0.25) is 0 Å². The van der Waals surface area contributed by atoms with Crippen molar-refractivity contribution >= 4 is 5.69 Å². The molecule has 16 heavy (non-hydrogen) atoms. The van der Waals surface area contributed by atoms with Crippen LogP contribution in [0.2, 0.25) is 0 Å². The minimum atomic E-state index is -0.547. The molecule has 1 aromatic carbocycles. The summed E-state index contributed by atoms with van der Waals surface area (Å²) < 4.78 is 9.95. The minimum absolute atomic E-state index is 0.0450. The van der Waals surface area contributed by atoms with E-state index in [9.17, 15) is 10.1 Å². The van der Waals surface area contributed by atoms with Gasteiger partial charge >= 0.3 is 0 Å². The third kappa shape index (κ3) is 2.38. The minimum Gasteiger partial charge on any atom is -0.493 e. The van der Waals surface area contributed by atoms with Gasteiger partial charge in [0.1, 0.15) is 0 Å². The summed E-state index contributed by atoms with van der Waals surface area (Å²) in [4.78, 5) is 10.2. The van der Waals surface area contributed by atoms with Gasteiger partial charge in [0.15, 0.2) is 11.5 Å². The van der Waals surface area contributed by atoms with Crippen LogP contribution in [0.15, 0.2) is 12.1 Å². The summed E-state index contributed by atoms with van der Waals surface area (Å²) >= 11 is 0. The summed E-state index contributed by atoms with van der Waals surface area (Å²) in [6, 6.07) is 2.70. The molecule has 0 saturated carbocycles. The second-order valence-electron chi connectivity index (χ2n) is 2.93. The monoisotopic (exact) mass is 228 g/mol.